The van der Waals surface area contributed by atoms with Gasteiger partial charge >= 0.3 is 134 Å². The molecule has 92 valence electrons. The summed E-state index contributed by atoms with van der Waals surface area (Å²) in [4.78, 5) is 16.3. The predicted octanol–water partition coefficient (Wildman–Crippen LogP) is 1.82. The maximum atomic E-state index is 12.4. The summed E-state index contributed by atoms with van der Waals surface area (Å²) in [6.45, 7) is 0. The summed E-state index contributed by atoms with van der Waals surface area (Å²) >= 11 is 12.4. The third-order valence-corrected chi connectivity index (χ3v) is 4.18. The molecule has 0 spiro atoms. The van der Waals surface area contributed by atoms with E-state index in [1.54, 1.807) is 27.0 Å². The van der Waals surface area contributed by atoms with Crippen LogP contribution in [-0.4, -0.2) is 43.2 Å². The molecule has 8 heteroatoms. The molecule has 3 heterocycles. The molecule has 0 bridgehead atoms. The molecule has 3 rings (SSSR count). The number of rotatable bonds is 1. The quantitative estimate of drug-likeness (QED) is 0.391. The van der Waals surface area contributed by atoms with Gasteiger partial charge in [0.05, 0.1) is 0 Å². The first-order valence-electron chi connectivity index (χ1n) is 5.24. The molecule has 0 unspecified atom stereocenters. The van der Waals surface area contributed by atoms with Crippen LogP contribution in [0.15, 0.2) is 35.5 Å². The molecule has 0 saturated carbocycles. The number of hydrogen-bond donors (Lipinski definition) is 0. The monoisotopic (exact) mass is 484 g/mol. The van der Waals surface area contributed by atoms with Gasteiger partial charge in [-0.2, -0.15) is 0 Å². The molecule has 0 saturated heterocycles. The Morgan fingerprint density at radius 2 is 2.11 bits per heavy atom. The van der Waals surface area contributed by atoms with Crippen molar-refractivity contribution in [3.05, 3.63) is 51.3 Å². The molecule has 0 aliphatic rings. The molecule has 0 aliphatic heterocycles. The number of aromatic nitrogens is 4. The molecular formula is C11H5Cl2N4OTl. The predicted molar refractivity (Wildman–Crippen MR) is 74.3 cm³/mol. The third-order valence-electron chi connectivity index (χ3n) is 2.65. The van der Waals surface area contributed by atoms with E-state index in [1.165, 1.54) is 10.8 Å². The molecule has 19 heavy (non-hydrogen) atoms. The fourth-order valence-electron chi connectivity index (χ4n) is 1.81. The second-order valence-corrected chi connectivity index (χ2v) is 6.71. The van der Waals surface area contributed by atoms with Crippen LogP contribution in [0.25, 0.3) is 16.6 Å². The second kappa shape index (κ2) is 4.88. The zero-order valence-electron chi connectivity index (χ0n) is 9.42. The molecule has 0 aliphatic carbocycles. The van der Waals surface area contributed by atoms with Crippen molar-refractivity contribution in [3.63, 3.8) is 0 Å². The molecule has 0 aromatic carbocycles. The Balaban J connectivity index is 2.34. The van der Waals surface area contributed by atoms with Gasteiger partial charge in [0.1, 0.15) is 0 Å². The molecular weight excluding hydrogens is 479 g/mol. The summed E-state index contributed by atoms with van der Waals surface area (Å²) in [7, 11) is 0. The van der Waals surface area contributed by atoms with Crippen molar-refractivity contribution < 1.29 is 0 Å². The SMILES string of the molecule is O=c1c2c[n]([Tl])nc2ccn1-c1cc(Cl)ncc1Cl. The number of hydrogen-bond acceptors (Lipinski definition) is 3. The van der Waals surface area contributed by atoms with Gasteiger partial charge < -0.3 is 0 Å². The topological polar surface area (TPSA) is 52.7 Å². The molecule has 3 aromatic heterocycles. The summed E-state index contributed by atoms with van der Waals surface area (Å²) in [6, 6.07) is 3.34. The van der Waals surface area contributed by atoms with Gasteiger partial charge in [-0.1, -0.05) is 0 Å². The van der Waals surface area contributed by atoms with E-state index in [-0.39, 0.29) is 10.7 Å². The van der Waals surface area contributed by atoms with Gasteiger partial charge in [-0.25, -0.2) is 0 Å². The van der Waals surface area contributed by atoms with Crippen LogP contribution in [-0.2, 0) is 0 Å². The summed E-state index contributed by atoms with van der Waals surface area (Å²) < 4.78 is 3.21. The standard InChI is InChI=1S/C11H6Cl2N4O.Tl/c12-7-5-14-10(13)3-9(7)17-2-1-8-6(11(17)18)4-15-16-8;/h1-5H,(H,15,16,18);/q;+1/p-1. The Morgan fingerprint density at radius 3 is 2.89 bits per heavy atom. The van der Waals surface area contributed by atoms with Gasteiger partial charge in [-0.15, -0.1) is 0 Å². The fraction of sp³-hybridized carbons (Fsp3) is 0. The Bertz CT molecular complexity index is 842. The van der Waals surface area contributed by atoms with E-state index in [2.05, 4.69) is 10.1 Å². The van der Waals surface area contributed by atoms with E-state index in [1.807, 2.05) is 0 Å². The third kappa shape index (κ3) is 2.30. The van der Waals surface area contributed by atoms with Crippen LogP contribution in [0.1, 0.15) is 0 Å². The van der Waals surface area contributed by atoms with Crippen LogP contribution in [0.3, 0.4) is 0 Å². The molecule has 5 nitrogen and oxygen atoms in total. The Labute approximate surface area is 133 Å². The second-order valence-electron chi connectivity index (χ2n) is 3.86. The van der Waals surface area contributed by atoms with E-state index in [0.29, 0.717) is 47.7 Å². The van der Waals surface area contributed by atoms with Gasteiger partial charge in [0.2, 0.25) is 0 Å². The Hall–Kier alpha value is -0.928. The normalized spacial score (nSPS) is 11.0. The zero-order chi connectivity index (χ0) is 13.6. The Kier molecular flexibility index (Phi) is 3.36. The van der Waals surface area contributed by atoms with Crippen LogP contribution in [0, 0.1) is 0 Å². The number of fused-ring (bicyclic) bond motifs is 1. The van der Waals surface area contributed by atoms with Crippen LogP contribution in [0.5, 0.6) is 0 Å². The van der Waals surface area contributed by atoms with Crippen molar-refractivity contribution in [1.29, 1.82) is 0 Å². The van der Waals surface area contributed by atoms with Crippen molar-refractivity contribution in [3.8, 4) is 5.69 Å². The van der Waals surface area contributed by atoms with Gasteiger partial charge in [0.15, 0.2) is 0 Å². The summed E-state index contributed by atoms with van der Waals surface area (Å²) in [5, 5.41) is 5.47. The van der Waals surface area contributed by atoms with E-state index < -0.39 is 0 Å². The average Bonchev–Trinajstić information content (AvgIpc) is 2.75. The van der Waals surface area contributed by atoms with Gasteiger partial charge in [0, 0.05) is 0 Å². The number of halogens is 2. The van der Waals surface area contributed by atoms with Gasteiger partial charge in [-0.05, 0) is 0 Å². The molecule has 0 radical (unpaired) electrons. The first-order valence-corrected chi connectivity index (χ1v) is 8.00. The molecule has 0 fully saturated rings. The van der Waals surface area contributed by atoms with Gasteiger partial charge in [-0.3, -0.25) is 0 Å². The van der Waals surface area contributed by atoms with Crippen molar-refractivity contribution in [2.45, 2.75) is 0 Å². The van der Waals surface area contributed by atoms with Gasteiger partial charge in [0.25, 0.3) is 0 Å². The molecule has 0 N–H and O–H groups in total. The van der Waals surface area contributed by atoms with E-state index in [4.69, 9.17) is 23.2 Å². The number of nitrogens with zero attached hydrogens (tertiary/aromatic N) is 4. The van der Waals surface area contributed by atoms with Crippen molar-refractivity contribution >= 4 is 60.2 Å². The number of pyridine rings is 2. The zero-order valence-corrected chi connectivity index (χ0v) is 15.4. The van der Waals surface area contributed by atoms with E-state index in [0.717, 1.165) is 0 Å². The van der Waals surface area contributed by atoms with E-state index >= 15 is 0 Å². The van der Waals surface area contributed by atoms with E-state index in [9.17, 15) is 4.79 Å². The summed E-state index contributed by atoms with van der Waals surface area (Å²) in [6.07, 6.45) is 4.81. The van der Waals surface area contributed by atoms with Crippen LogP contribution in [0.2, 0.25) is 10.2 Å². The molecule has 0 atom stereocenters. The molecule has 0 amide bonds. The van der Waals surface area contributed by atoms with Crippen LogP contribution < -0.4 is 5.56 Å². The van der Waals surface area contributed by atoms with Crippen LogP contribution in [0.4, 0.5) is 0 Å². The van der Waals surface area contributed by atoms with Crippen LogP contribution >= 0.6 is 23.2 Å². The summed E-state index contributed by atoms with van der Waals surface area (Å²) in [5.41, 5.74) is 1.02. The first kappa shape index (κ1) is 13.1. The maximum absolute atomic E-state index is 12.4. The summed E-state index contributed by atoms with van der Waals surface area (Å²) in [5.74, 6) is 0. The van der Waals surface area contributed by atoms with Crippen molar-refractivity contribution in [1.82, 2.24) is 17.1 Å². The molecule has 3 aromatic rings. The minimum absolute atomic E-state index is 0.173. The average molecular weight is 484 g/mol. The first-order chi connectivity index (χ1) is 9.06. The Morgan fingerprint density at radius 1 is 1.32 bits per heavy atom. The van der Waals surface area contributed by atoms with Crippen molar-refractivity contribution in [2.24, 2.45) is 0 Å². The minimum atomic E-state index is -0.173. The van der Waals surface area contributed by atoms with Crippen molar-refractivity contribution in [2.75, 3.05) is 0 Å². The fourth-order valence-corrected chi connectivity index (χ4v) is 3.22.